The van der Waals surface area contributed by atoms with Crippen molar-refractivity contribution in [3.63, 3.8) is 0 Å². The molecule has 0 saturated carbocycles. The summed E-state index contributed by atoms with van der Waals surface area (Å²) in [6, 6.07) is 5.42. The molecular formula is C23H31N3O3. The van der Waals surface area contributed by atoms with E-state index in [1.807, 2.05) is 18.5 Å². The van der Waals surface area contributed by atoms with Crippen LogP contribution in [-0.2, 0) is 18.3 Å². The number of nitrogens with zero attached hydrogens (tertiary/aromatic N) is 3. The smallest absolute Gasteiger partial charge is 0.129 e. The lowest BCUT2D eigenvalue weighted by atomic mass is 9.64. The lowest BCUT2D eigenvalue weighted by Crippen LogP contribution is -2.54. The third-order valence-corrected chi connectivity index (χ3v) is 7.36. The van der Waals surface area contributed by atoms with Crippen LogP contribution in [0.5, 0.6) is 11.5 Å². The first kappa shape index (κ1) is 18.9. The lowest BCUT2D eigenvalue weighted by molar-refractivity contribution is -0.174. The van der Waals surface area contributed by atoms with Crippen LogP contribution in [0.15, 0.2) is 30.6 Å². The highest BCUT2D eigenvalue weighted by Gasteiger charge is 2.52. The predicted molar refractivity (Wildman–Crippen MR) is 110 cm³/mol. The minimum absolute atomic E-state index is 0.0468. The second-order valence-corrected chi connectivity index (χ2v) is 9.70. The molecule has 4 heterocycles. The first-order chi connectivity index (χ1) is 13.9. The second-order valence-electron chi connectivity index (χ2n) is 9.70. The number of fused-ring (bicyclic) bond motifs is 3. The third-order valence-electron chi connectivity index (χ3n) is 7.36. The van der Waals surface area contributed by atoms with Gasteiger partial charge >= 0.3 is 0 Å². The van der Waals surface area contributed by atoms with Crippen LogP contribution in [0.25, 0.3) is 0 Å². The van der Waals surface area contributed by atoms with Crippen molar-refractivity contribution in [3.8, 4) is 11.5 Å². The van der Waals surface area contributed by atoms with E-state index in [0.29, 0.717) is 5.92 Å². The minimum atomic E-state index is -0.316. The Balaban J connectivity index is 1.31. The zero-order valence-corrected chi connectivity index (χ0v) is 17.6. The fourth-order valence-electron chi connectivity index (χ4n) is 5.42. The average molecular weight is 398 g/mol. The molecule has 1 aromatic carbocycles. The Kier molecular flexibility index (Phi) is 4.40. The molecule has 0 amide bonds. The lowest BCUT2D eigenvalue weighted by Gasteiger charge is -2.54. The number of likely N-dealkylation sites (tertiary alicyclic amines) is 1. The van der Waals surface area contributed by atoms with E-state index in [4.69, 9.17) is 9.47 Å². The van der Waals surface area contributed by atoms with Gasteiger partial charge in [0.15, 0.2) is 0 Å². The Hall–Kier alpha value is -2.05. The molecule has 1 aromatic heterocycles. The molecule has 1 N–H and O–H groups in total. The van der Waals surface area contributed by atoms with Crippen LogP contribution >= 0.6 is 0 Å². The zero-order valence-electron chi connectivity index (χ0n) is 17.6. The van der Waals surface area contributed by atoms with Crippen molar-refractivity contribution in [1.29, 1.82) is 0 Å². The van der Waals surface area contributed by atoms with Gasteiger partial charge in [0.2, 0.25) is 0 Å². The molecule has 6 nitrogen and oxygen atoms in total. The van der Waals surface area contributed by atoms with E-state index >= 15 is 0 Å². The van der Waals surface area contributed by atoms with Crippen LogP contribution < -0.4 is 4.74 Å². The molecule has 2 fully saturated rings. The van der Waals surface area contributed by atoms with E-state index in [1.54, 1.807) is 12.1 Å². The molecule has 0 radical (unpaired) electrons. The van der Waals surface area contributed by atoms with Crippen molar-refractivity contribution in [2.75, 3.05) is 19.7 Å². The van der Waals surface area contributed by atoms with Gasteiger partial charge in [0.1, 0.15) is 22.9 Å². The van der Waals surface area contributed by atoms with Crippen molar-refractivity contribution >= 4 is 0 Å². The van der Waals surface area contributed by atoms with Gasteiger partial charge in [-0.25, -0.2) is 4.98 Å². The molecule has 2 saturated heterocycles. The van der Waals surface area contributed by atoms with Gasteiger partial charge in [-0.2, -0.15) is 0 Å². The van der Waals surface area contributed by atoms with Gasteiger partial charge < -0.3 is 19.1 Å². The predicted octanol–water partition coefficient (Wildman–Crippen LogP) is 3.66. The minimum Gasteiger partial charge on any atom is -0.508 e. The van der Waals surface area contributed by atoms with Crippen molar-refractivity contribution in [3.05, 3.63) is 42.0 Å². The standard InChI is InChI=1S/C23H31N3O3/c1-22(2)18-13-23(6-9-26(10-7-23)14-20-24-8-11-25(20)3)15-28-21(18)17-5-4-16(27)12-19(17)29-22/h4-5,8,11-12,18,21,27H,6-7,9-10,13-15H2,1-3H3/t18-,21+/m0/s1. The van der Waals surface area contributed by atoms with Crippen LogP contribution in [0.1, 0.15) is 50.6 Å². The van der Waals surface area contributed by atoms with Gasteiger partial charge in [-0.15, -0.1) is 0 Å². The van der Waals surface area contributed by atoms with Crippen LogP contribution in [0.2, 0.25) is 0 Å². The molecule has 156 valence electrons. The van der Waals surface area contributed by atoms with E-state index in [0.717, 1.165) is 62.6 Å². The molecule has 3 aliphatic rings. The van der Waals surface area contributed by atoms with Crippen molar-refractivity contribution in [2.24, 2.45) is 18.4 Å². The molecule has 2 atom stereocenters. The van der Waals surface area contributed by atoms with Gasteiger partial charge in [0.05, 0.1) is 19.3 Å². The van der Waals surface area contributed by atoms with E-state index < -0.39 is 0 Å². The van der Waals surface area contributed by atoms with E-state index in [2.05, 4.69) is 35.3 Å². The summed E-state index contributed by atoms with van der Waals surface area (Å²) in [6.45, 7) is 8.21. The summed E-state index contributed by atoms with van der Waals surface area (Å²) in [7, 11) is 2.06. The number of imidazole rings is 1. The molecule has 3 aliphatic heterocycles. The number of aryl methyl sites for hydroxylation is 1. The largest absolute Gasteiger partial charge is 0.508 e. The number of phenolic OH excluding ortho intramolecular Hbond substituents is 1. The highest BCUT2D eigenvalue weighted by molar-refractivity contribution is 5.44. The van der Waals surface area contributed by atoms with Crippen LogP contribution in [0.4, 0.5) is 0 Å². The second kappa shape index (κ2) is 6.74. The van der Waals surface area contributed by atoms with Crippen LogP contribution in [0.3, 0.4) is 0 Å². The number of hydrogen-bond acceptors (Lipinski definition) is 5. The molecule has 0 bridgehead atoms. The van der Waals surface area contributed by atoms with E-state index in [9.17, 15) is 5.11 Å². The Bertz CT molecular complexity index is 899. The Morgan fingerprint density at radius 1 is 1.24 bits per heavy atom. The number of phenols is 1. The van der Waals surface area contributed by atoms with Gasteiger partial charge in [-0.1, -0.05) is 0 Å². The maximum absolute atomic E-state index is 9.86. The first-order valence-corrected chi connectivity index (χ1v) is 10.7. The van der Waals surface area contributed by atoms with Crippen molar-refractivity contribution in [1.82, 2.24) is 14.5 Å². The number of aromatic nitrogens is 2. The number of benzene rings is 1. The highest BCUT2D eigenvalue weighted by Crippen LogP contribution is 2.55. The molecular weight excluding hydrogens is 366 g/mol. The van der Waals surface area contributed by atoms with E-state index in [-0.39, 0.29) is 22.9 Å². The molecule has 0 aliphatic carbocycles. The Labute approximate surface area is 172 Å². The van der Waals surface area contributed by atoms with Crippen molar-refractivity contribution in [2.45, 2.75) is 51.4 Å². The number of piperidine rings is 1. The maximum Gasteiger partial charge on any atom is 0.129 e. The summed E-state index contributed by atoms with van der Waals surface area (Å²) in [5.74, 6) is 2.44. The average Bonchev–Trinajstić information content (AvgIpc) is 3.08. The molecule has 6 heteroatoms. The summed E-state index contributed by atoms with van der Waals surface area (Å²) in [6.07, 6.45) is 7.36. The SMILES string of the molecule is Cn1ccnc1CN1CCC2(CC1)CO[C@@H]1c3ccc(O)cc3OC(C)(C)[C@H]1C2. The molecule has 29 heavy (non-hydrogen) atoms. The summed E-state index contributed by atoms with van der Waals surface area (Å²) < 4.78 is 15.0. The Morgan fingerprint density at radius 2 is 2.03 bits per heavy atom. The summed E-state index contributed by atoms with van der Waals surface area (Å²) >= 11 is 0. The molecule has 0 unspecified atom stereocenters. The van der Waals surface area contributed by atoms with Gasteiger partial charge in [0, 0.05) is 37.0 Å². The van der Waals surface area contributed by atoms with Gasteiger partial charge in [-0.3, -0.25) is 4.90 Å². The zero-order chi connectivity index (χ0) is 20.2. The van der Waals surface area contributed by atoms with Crippen LogP contribution in [0, 0.1) is 11.3 Å². The number of rotatable bonds is 2. The third kappa shape index (κ3) is 3.32. The topological polar surface area (TPSA) is 59.8 Å². The monoisotopic (exact) mass is 397 g/mol. The molecule has 5 rings (SSSR count). The maximum atomic E-state index is 9.86. The molecule has 2 aromatic rings. The van der Waals surface area contributed by atoms with Gasteiger partial charge in [-0.05, 0) is 63.7 Å². The van der Waals surface area contributed by atoms with E-state index in [1.165, 1.54) is 0 Å². The van der Waals surface area contributed by atoms with Crippen LogP contribution in [-0.4, -0.2) is 44.9 Å². The summed E-state index contributed by atoms with van der Waals surface area (Å²) in [5.41, 5.74) is 0.992. The number of hydrogen-bond donors (Lipinski definition) is 1. The summed E-state index contributed by atoms with van der Waals surface area (Å²) in [5, 5.41) is 9.86. The highest BCUT2D eigenvalue weighted by atomic mass is 16.5. The number of ether oxygens (including phenoxy) is 2. The fourth-order valence-corrected chi connectivity index (χ4v) is 5.42. The first-order valence-electron chi connectivity index (χ1n) is 10.7. The van der Waals surface area contributed by atoms with Crippen molar-refractivity contribution < 1.29 is 14.6 Å². The Morgan fingerprint density at radius 3 is 2.76 bits per heavy atom. The summed E-state index contributed by atoms with van der Waals surface area (Å²) in [4.78, 5) is 6.99. The quantitative estimate of drug-likeness (QED) is 0.838. The number of aromatic hydroxyl groups is 1. The molecule has 1 spiro atoms. The normalized spacial score (nSPS) is 27.8. The fraction of sp³-hybridized carbons (Fsp3) is 0.609. The van der Waals surface area contributed by atoms with Gasteiger partial charge in [0.25, 0.3) is 0 Å².